The lowest BCUT2D eigenvalue weighted by Gasteiger charge is -2.26. The highest BCUT2D eigenvalue weighted by molar-refractivity contribution is 5.91. The molecule has 1 N–H and O–H groups in total. The molecule has 3 aromatic carbocycles. The summed E-state index contributed by atoms with van der Waals surface area (Å²) >= 11 is 0. The van der Waals surface area contributed by atoms with Crippen LogP contribution >= 0.6 is 0 Å². The Morgan fingerprint density at radius 2 is 1.87 bits per heavy atom. The lowest BCUT2D eigenvalue weighted by Crippen LogP contribution is -2.38. The summed E-state index contributed by atoms with van der Waals surface area (Å²) in [6, 6.07) is 19.9. The first kappa shape index (κ1) is 24.1. The molecule has 1 fully saturated rings. The van der Waals surface area contributed by atoms with Crippen LogP contribution in [0.3, 0.4) is 0 Å². The zero-order valence-corrected chi connectivity index (χ0v) is 21.3. The Bertz CT molecular complexity index is 1560. The van der Waals surface area contributed by atoms with Gasteiger partial charge in [0, 0.05) is 53.9 Å². The minimum absolute atomic E-state index is 0.621. The van der Waals surface area contributed by atoms with E-state index in [1.54, 1.807) is 12.5 Å². The maximum atomic E-state index is 6.29. The smallest absolute Gasteiger partial charge is 0.141 e. The van der Waals surface area contributed by atoms with Crippen LogP contribution in [0.2, 0.25) is 0 Å². The molecule has 1 saturated heterocycles. The third-order valence-electron chi connectivity index (χ3n) is 6.69. The molecule has 2 aromatic heterocycles. The van der Waals surface area contributed by atoms with Crippen molar-refractivity contribution in [3.05, 3.63) is 84.9 Å². The van der Waals surface area contributed by atoms with Crippen molar-refractivity contribution in [2.45, 2.75) is 6.92 Å². The summed E-state index contributed by atoms with van der Waals surface area (Å²) in [6.45, 7) is 7.01. The number of rotatable bonds is 8. The first-order valence-corrected chi connectivity index (χ1v) is 12.8. The van der Waals surface area contributed by atoms with Gasteiger partial charge >= 0.3 is 0 Å². The van der Waals surface area contributed by atoms with E-state index in [0.29, 0.717) is 6.61 Å². The van der Waals surface area contributed by atoms with Crippen molar-refractivity contribution in [2.75, 3.05) is 44.8 Å². The van der Waals surface area contributed by atoms with Crippen LogP contribution in [0.25, 0.3) is 21.7 Å². The average molecular weight is 508 g/mol. The zero-order chi connectivity index (χ0) is 25.7. The number of benzene rings is 3. The van der Waals surface area contributed by atoms with E-state index in [4.69, 9.17) is 14.2 Å². The molecule has 0 radical (unpaired) electrons. The fraction of sp³-hybridized carbons (Fsp3) is 0.233. The van der Waals surface area contributed by atoms with Gasteiger partial charge in [-0.2, -0.15) is 0 Å². The van der Waals surface area contributed by atoms with E-state index in [0.717, 1.165) is 88.8 Å². The molecule has 8 nitrogen and oxygen atoms in total. The summed E-state index contributed by atoms with van der Waals surface area (Å²) in [6.07, 6.45) is 5.19. The molecule has 192 valence electrons. The van der Waals surface area contributed by atoms with Gasteiger partial charge in [-0.15, -0.1) is 0 Å². The summed E-state index contributed by atoms with van der Waals surface area (Å²) in [5.74, 6) is 3.12. The number of pyridine rings is 1. The highest BCUT2D eigenvalue weighted by Crippen LogP contribution is 2.33. The van der Waals surface area contributed by atoms with Crippen LogP contribution < -0.4 is 14.8 Å². The molecule has 6 rings (SSSR count). The SMILES string of the molecule is Cc1cc(Nc2ncnc3ccc(OCCN4CCOCC4)cc23)ccc1Oc1cccc2cnccc12. The number of anilines is 2. The zero-order valence-electron chi connectivity index (χ0n) is 21.3. The van der Waals surface area contributed by atoms with Crippen LogP contribution in [0.5, 0.6) is 17.2 Å². The summed E-state index contributed by atoms with van der Waals surface area (Å²) in [4.78, 5) is 15.5. The van der Waals surface area contributed by atoms with E-state index < -0.39 is 0 Å². The van der Waals surface area contributed by atoms with Crippen molar-refractivity contribution < 1.29 is 14.2 Å². The molecule has 5 aromatic rings. The molecule has 0 bridgehead atoms. The van der Waals surface area contributed by atoms with Crippen molar-refractivity contribution in [3.63, 3.8) is 0 Å². The van der Waals surface area contributed by atoms with Gasteiger partial charge in [0.05, 0.1) is 18.7 Å². The summed E-state index contributed by atoms with van der Waals surface area (Å²) in [5, 5.41) is 6.42. The monoisotopic (exact) mass is 507 g/mol. The Morgan fingerprint density at radius 3 is 2.76 bits per heavy atom. The fourth-order valence-corrected chi connectivity index (χ4v) is 4.62. The first-order valence-electron chi connectivity index (χ1n) is 12.8. The highest BCUT2D eigenvalue weighted by Gasteiger charge is 2.12. The fourth-order valence-electron chi connectivity index (χ4n) is 4.62. The standard InChI is InChI=1S/C30H29N5O3/c1-21-17-23(5-8-28(21)38-29-4-2-3-22-19-31-10-9-25(22)29)34-30-26-18-24(6-7-27(26)32-20-33-30)37-16-13-35-11-14-36-15-12-35/h2-10,17-20H,11-16H2,1H3,(H,32,33,34). The third kappa shape index (κ3) is 5.37. The molecule has 0 unspecified atom stereocenters. The summed E-state index contributed by atoms with van der Waals surface area (Å²) in [5.41, 5.74) is 2.77. The Hall–Kier alpha value is -4.27. The predicted octanol–water partition coefficient (Wildman–Crippen LogP) is 5.73. The molecular weight excluding hydrogens is 478 g/mol. The van der Waals surface area contributed by atoms with Gasteiger partial charge in [-0.05, 0) is 61.0 Å². The lowest BCUT2D eigenvalue weighted by molar-refractivity contribution is 0.0322. The Labute approximate surface area is 221 Å². The van der Waals surface area contributed by atoms with Gasteiger partial charge in [-0.25, -0.2) is 9.97 Å². The molecule has 3 heterocycles. The molecule has 0 atom stereocenters. The van der Waals surface area contributed by atoms with E-state index in [-0.39, 0.29) is 0 Å². The quantitative estimate of drug-likeness (QED) is 0.285. The van der Waals surface area contributed by atoms with E-state index in [9.17, 15) is 0 Å². The second-order valence-corrected chi connectivity index (χ2v) is 9.26. The minimum atomic E-state index is 0.621. The van der Waals surface area contributed by atoms with Crippen LogP contribution in [0.15, 0.2) is 79.4 Å². The van der Waals surface area contributed by atoms with Crippen LogP contribution in [0, 0.1) is 6.92 Å². The van der Waals surface area contributed by atoms with Gasteiger partial charge in [0.1, 0.15) is 36.0 Å². The molecular formula is C30H29N5O3. The Kier molecular flexibility index (Phi) is 6.97. The van der Waals surface area contributed by atoms with Crippen molar-refractivity contribution >= 4 is 33.2 Å². The number of nitrogens with one attached hydrogen (secondary N) is 1. The molecule has 0 saturated carbocycles. The molecule has 0 spiro atoms. The maximum absolute atomic E-state index is 6.29. The van der Waals surface area contributed by atoms with Crippen molar-refractivity contribution in [1.29, 1.82) is 0 Å². The number of morpholine rings is 1. The maximum Gasteiger partial charge on any atom is 0.141 e. The number of aryl methyl sites for hydroxylation is 1. The van der Waals surface area contributed by atoms with Crippen molar-refractivity contribution in [1.82, 2.24) is 19.9 Å². The van der Waals surface area contributed by atoms with Crippen LogP contribution in [0.1, 0.15) is 5.56 Å². The van der Waals surface area contributed by atoms with Gasteiger partial charge in [-0.1, -0.05) is 12.1 Å². The normalized spacial score (nSPS) is 14.0. The van der Waals surface area contributed by atoms with Gasteiger partial charge in [0.2, 0.25) is 0 Å². The number of aromatic nitrogens is 3. The number of hydrogen-bond donors (Lipinski definition) is 1. The molecule has 8 heteroatoms. The predicted molar refractivity (Wildman–Crippen MR) is 149 cm³/mol. The molecule has 1 aliphatic rings. The van der Waals surface area contributed by atoms with E-state index >= 15 is 0 Å². The summed E-state index contributed by atoms with van der Waals surface area (Å²) < 4.78 is 17.8. The van der Waals surface area contributed by atoms with Gasteiger partial charge in [-0.3, -0.25) is 9.88 Å². The number of ether oxygens (including phenoxy) is 3. The van der Waals surface area contributed by atoms with Gasteiger partial charge in [0.25, 0.3) is 0 Å². The van der Waals surface area contributed by atoms with Crippen LogP contribution in [-0.4, -0.2) is 59.3 Å². The molecule has 1 aliphatic heterocycles. The highest BCUT2D eigenvalue weighted by atomic mass is 16.5. The first-order chi connectivity index (χ1) is 18.7. The second-order valence-electron chi connectivity index (χ2n) is 9.26. The average Bonchev–Trinajstić information content (AvgIpc) is 2.95. The van der Waals surface area contributed by atoms with Crippen molar-refractivity contribution in [3.8, 4) is 17.2 Å². The third-order valence-corrected chi connectivity index (χ3v) is 6.69. The number of hydrogen-bond acceptors (Lipinski definition) is 8. The van der Waals surface area contributed by atoms with E-state index in [2.05, 4.69) is 31.2 Å². The van der Waals surface area contributed by atoms with Crippen LogP contribution in [-0.2, 0) is 4.74 Å². The van der Waals surface area contributed by atoms with Crippen LogP contribution in [0.4, 0.5) is 11.5 Å². The van der Waals surface area contributed by atoms with Crippen molar-refractivity contribution in [2.24, 2.45) is 0 Å². The number of nitrogens with zero attached hydrogens (tertiary/aromatic N) is 4. The summed E-state index contributed by atoms with van der Waals surface area (Å²) in [7, 11) is 0. The molecule has 38 heavy (non-hydrogen) atoms. The topological polar surface area (TPSA) is 81.6 Å². The van der Waals surface area contributed by atoms with Gasteiger partial charge < -0.3 is 19.5 Å². The lowest BCUT2D eigenvalue weighted by atomic mass is 10.1. The Morgan fingerprint density at radius 1 is 0.947 bits per heavy atom. The largest absolute Gasteiger partial charge is 0.492 e. The van der Waals surface area contributed by atoms with E-state index in [1.807, 2.05) is 67.7 Å². The molecule has 0 aliphatic carbocycles. The molecule has 0 amide bonds. The van der Waals surface area contributed by atoms with Gasteiger partial charge in [0.15, 0.2) is 0 Å². The number of fused-ring (bicyclic) bond motifs is 2. The van der Waals surface area contributed by atoms with E-state index in [1.165, 1.54) is 0 Å². The Balaban J connectivity index is 1.18. The minimum Gasteiger partial charge on any atom is -0.492 e. The second kappa shape index (κ2) is 11.0.